The molecule has 0 aliphatic heterocycles. The fourth-order valence-electron chi connectivity index (χ4n) is 7.22. The first kappa shape index (κ1) is 30.6. The van der Waals surface area contributed by atoms with Crippen LogP contribution in [0.4, 0.5) is 17.1 Å². The summed E-state index contributed by atoms with van der Waals surface area (Å²) in [5.41, 5.74) is 14.2. The number of aromatic nitrogens is 1. The van der Waals surface area contributed by atoms with Crippen molar-refractivity contribution in [1.82, 2.24) is 4.98 Å². The van der Waals surface area contributed by atoms with Gasteiger partial charge >= 0.3 is 0 Å². The first-order valence-electron chi connectivity index (χ1n) is 17.8. The van der Waals surface area contributed by atoms with Crippen LogP contribution in [0.5, 0.6) is 0 Å². The minimum absolute atomic E-state index is 0.596. The molecule has 0 saturated carbocycles. The SMILES string of the molecule is c1ccc(-c2ccc(-c3ccc(N(c4cccc(-c5ccccc5)c4)c4ccc5oc6cc7oc(-c8ccccc8)nc7cc6c5c4)cc3)cc2)cc1. The van der Waals surface area contributed by atoms with Gasteiger partial charge in [-0.2, -0.15) is 0 Å². The zero-order valence-corrected chi connectivity index (χ0v) is 28.7. The monoisotopic (exact) mass is 680 g/mol. The second-order valence-electron chi connectivity index (χ2n) is 13.2. The largest absolute Gasteiger partial charge is 0.456 e. The normalized spacial score (nSPS) is 11.4. The molecule has 8 aromatic carbocycles. The van der Waals surface area contributed by atoms with Crippen LogP contribution in [0.2, 0.25) is 0 Å². The van der Waals surface area contributed by atoms with Crippen molar-refractivity contribution >= 4 is 50.1 Å². The maximum atomic E-state index is 6.39. The molecule has 0 saturated heterocycles. The van der Waals surface area contributed by atoms with E-state index in [4.69, 9.17) is 13.8 Å². The molecule has 0 amide bonds. The van der Waals surface area contributed by atoms with Crippen LogP contribution in [0, 0.1) is 0 Å². The van der Waals surface area contributed by atoms with Gasteiger partial charge in [0.2, 0.25) is 5.89 Å². The lowest BCUT2D eigenvalue weighted by molar-refractivity contribution is 0.617. The molecule has 2 aromatic heterocycles. The van der Waals surface area contributed by atoms with Crippen LogP contribution >= 0.6 is 0 Å². The summed E-state index contributed by atoms with van der Waals surface area (Å²) < 4.78 is 12.6. The van der Waals surface area contributed by atoms with Gasteiger partial charge in [-0.05, 0) is 94.0 Å². The predicted octanol–water partition coefficient (Wildman–Crippen LogP) is 13.9. The van der Waals surface area contributed by atoms with Crippen molar-refractivity contribution in [2.45, 2.75) is 0 Å². The second-order valence-corrected chi connectivity index (χ2v) is 13.2. The number of nitrogens with zero attached hydrogens (tertiary/aromatic N) is 2. The first-order valence-corrected chi connectivity index (χ1v) is 17.8. The van der Waals surface area contributed by atoms with Gasteiger partial charge in [-0.1, -0.05) is 127 Å². The van der Waals surface area contributed by atoms with E-state index in [1.807, 2.05) is 42.5 Å². The van der Waals surface area contributed by atoms with E-state index in [9.17, 15) is 0 Å². The number of hydrogen-bond acceptors (Lipinski definition) is 4. The van der Waals surface area contributed by atoms with E-state index in [1.165, 1.54) is 22.3 Å². The van der Waals surface area contributed by atoms with Crippen LogP contribution in [-0.2, 0) is 0 Å². The van der Waals surface area contributed by atoms with Gasteiger partial charge < -0.3 is 13.7 Å². The number of hydrogen-bond donors (Lipinski definition) is 0. The van der Waals surface area contributed by atoms with Crippen LogP contribution in [0.1, 0.15) is 0 Å². The highest BCUT2D eigenvalue weighted by Gasteiger charge is 2.18. The third-order valence-corrected chi connectivity index (χ3v) is 9.90. The fourth-order valence-corrected chi connectivity index (χ4v) is 7.22. The van der Waals surface area contributed by atoms with E-state index in [0.717, 1.165) is 61.2 Å². The molecule has 0 aliphatic rings. The Balaban J connectivity index is 1.07. The lowest BCUT2D eigenvalue weighted by Crippen LogP contribution is -2.10. The van der Waals surface area contributed by atoms with E-state index in [1.54, 1.807) is 0 Å². The highest BCUT2D eigenvalue weighted by molar-refractivity contribution is 6.10. The maximum Gasteiger partial charge on any atom is 0.227 e. The molecule has 0 radical (unpaired) electrons. The summed E-state index contributed by atoms with van der Waals surface area (Å²) in [6.45, 7) is 0. The Labute approximate surface area is 306 Å². The van der Waals surface area contributed by atoms with Gasteiger partial charge in [-0.3, -0.25) is 0 Å². The van der Waals surface area contributed by atoms with Crippen molar-refractivity contribution in [1.29, 1.82) is 0 Å². The number of benzene rings is 8. The molecule has 0 N–H and O–H groups in total. The zero-order valence-electron chi connectivity index (χ0n) is 28.7. The lowest BCUT2D eigenvalue weighted by Gasteiger charge is -2.26. The molecule has 0 unspecified atom stereocenters. The average molecular weight is 681 g/mol. The van der Waals surface area contributed by atoms with Crippen LogP contribution in [0.25, 0.3) is 77.9 Å². The predicted molar refractivity (Wildman–Crippen MR) is 218 cm³/mol. The summed E-state index contributed by atoms with van der Waals surface area (Å²) in [6.07, 6.45) is 0. The Bertz CT molecular complexity index is 2860. The van der Waals surface area contributed by atoms with Crippen molar-refractivity contribution in [2.75, 3.05) is 4.90 Å². The molecule has 0 aliphatic carbocycles. The molecule has 4 heteroatoms. The number of fused-ring (bicyclic) bond motifs is 4. The Morgan fingerprint density at radius 2 is 0.830 bits per heavy atom. The summed E-state index contributed by atoms with van der Waals surface area (Å²) in [6, 6.07) is 67.8. The van der Waals surface area contributed by atoms with Crippen LogP contribution in [0.15, 0.2) is 203 Å². The summed E-state index contributed by atoms with van der Waals surface area (Å²) >= 11 is 0. The van der Waals surface area contributed by atoms with Crippen LogP contribution < -0.4 is 4.90 Å². The molecule has 0 spiro atoms. The van der Waals surface area contributed by atoms with Gasteiger partial charge in [-0.15, -0.1) is 0 Å². The molecule has 2 heterocycles. The molecule has 4 nitrogen and oxygen atoms in total. The number of anilines is 3. The summed E-state index contributed by atoms with van der Waals surface area (Å²) in [5.74, 6) is 0.596. The molecule has 0 fully saturated rings. The number of oxazole rings is 1. The van der Waals surface area contributed by atoms with Gasteiger partial charge in [0.1, 0.15) is 16.7 Å². The molecular weight excluding hydrogens is 649 g/mol. The van der Waals surface area contributed by atoms with Crippen molar-refractivity contribution in [3.05, 3.63) is 194 Å². The van der Waals surface area contributed by atoms with Gasteiger partial charge in [-0.25, -0.2) is 4.98 Å². The molecule has 250 valence electrons. The molecule has 53 heavy (non-hydrogen) atoms. The topological polar surface area (TPSA) is 42.4 Å². The highest BCUT2D eigenvalue weighted by atomic mass is 16.4. The van der Waals surface area contributed by atoms with Crippen molar-refractivity contribution in [2.24, 2.45) is 0 Å². The van der Waals surface area contributed by atoms with E-state index in [0.29, 0.717) is 11.5 Å². The van der Waals surface area contributed by atoms with Crippen molar-refractivity contribution in [3.63, 3.8) is 0 Å². The highest BCUT2D eigenvalue weighted by Crippen LogP contribution is 2.41. The number of rotatable bonds is 7. The van der Waals surface area contributed by atoms with Crippen LogP contribution in [0.3, 0.4) is 0 Å². The van der Waals surface area contributed by atoms with E-state index in [2.05, 4.69) is 157 Å². The number of furan rings is 1. The van der Waals surface area contributed by atoms with Gasteiger partial charge in [0, 0.05) is 39.5 Å². The molecule has 0 bridgehead atoms. The zero-order chi connectivity index (χ0) is 35.1. The fraction of sp³-hybridized carbons (Fsp3) is 0. The van der Waals surface area contributed by atoms with Crippen molar-refractivity contribution < 1.29 is 8.83 Å². The minimum Gasteiger partial charge on any atom is -0.456 e. The Morgan fingerprint density at radius 1 is 0.321 bits per heavy atom. The minimum atomic E-state index is 0.596. The second kappa shape index (κ2) is 12.9. The Morgan fingerprint density at radius 3 is 1.49 bits per heavy atom. The Kier molecular flexibility index (Phi) is 7.43. The van der Waals surface area contributed by atoms with Crippen molar-refractivity contribution in [3.8, 4) is 44.8 Å². The molecule has 0 atom stereocenters. The summed E-state index contributed by atoms with van der Waals surface area (Å²) in [5, 5.41) is 2.01. The molecule has 10 rings (SSSR count). The summed E-state index contributed by atoms with van der Waals surface area (Å²) in [7, 11) is 0. The van der Waals surface area contributed by atoms with Gasteiger partial charge in [0.25, 0.3) is 0 Å². The third kappa shape index (κ3) is 5.73. The lowest BCUT2D eigenvalue weighted by atomic mass is 10.00. The van der Waals surface area contributed by atoms with Crippen LogP contribution in [-0.4, -0.2) is 4.98 Å². The van der Waals surface area contributed by atoms with E-state index < -0.39 is 0 Å². The first-order chi connectivity index (χ1) is 26.2. The average Bonchev–Trinajstić information content (AvgIpc) is 3.82. The molecular formula is C49H32N2O2. The quantitative estimate of drug-likeness (QED) is 0.168. The summed E-state index contributed by atoms with van der Waals surface area (Å²) in [4.78, 5) is 7.16. The standard InChI is InChI=1S/C49H32N2O2/c1-4-11-33(12-5-1)35-19-21-36(22-20-35)37-23-25-40(26-24-37)51(41-18-10-17-39(29-41)34-13-6-2-7-14-34)42-27-28-46-43(30-42)44-31-45-48(32-47(44)52-46)53-49(50-45)38-15-8-3-9-16-38/h1-32H. The smallest absolute Gasteiger partial charge is 0.227 e. The maximum absolute atomic E-state index is 6.39. The van der Waals surface area contributed by atoms with E-state index >= 15 is 0 Å². The molecule has 10 aromatic rings. The van der Waals surface area contributed by atoms with Gasteiger partial charge in [0.15, 0.2) is 5.58 Å². The van der Waals surface area contributed by atoms with Gasteiger partial charge in [0.05, 0.1) is 0 Å². The van der Waals surface area contributed by atoms with E-state index in [-0.39, 0.29) is 0 Å². The third-order valence-electron chi connectivity index (χ3n) is 9.90. The Hall–Kier alpha value is -7.17.